The second kappa shape index (κ2) is 6.41. The van der Waals surface area contributed by atoms with Crippen molar-refractivity contribution in [3.05, 3.63) is 71.7 Å². The maximum absolute atomic E-state index is 13.7. The summed E-state index contributed by atoms with van der Waals surface area (Å²) in [6, 6.07) is 11.5. The van der Waals surface area contributed by atoms with E-state index in [1.807, 2.05) is 12.3 Å². The van der Waals surface area contributed by atoms with Gasteiger partial charge < -0.3 is 4.98 Å². The van der Waals surface area contributed by atoms with Crippen molar-refractivity contribution in [1.82, 2.24) is 15.0 Å². The summed E-state index contributed by atoms with van der Waals surface area (Å²) in [5, 5.41) is 0.917. The Morgan fingerprint density at radius 2 is 1.56 bits per heavy atom. The lowest BCUT2D eigenvalue weighted by molar-refractivity contribution is 0.388. The monoisotopic (exact) mass is 363 g/mol. The molecule has 5 rings (SSSR count). The zero-order valence-corrected chi connectivity index (χ0v) is 14.8. The number of nitrogens with one attached hydrogen (secondary N) is 1. The number of rotatable bonds is 2. The van der Waals surface area contributed by atoms with Crippen molar-refractivity contribution >= 4 is 21.9 Å². The number of halogens is 2. The summed E-state index contributed by atoms with van der Waals surface area (Å²) >= 11 is 0. The number of pyridine rings is 1. The Balaban J connectivity index is 1.39. The lowest BCUT2D eigenvalue weighted by Crippen LogP contribution is -2.13. The fourth-order valence-electron chi connectivity index (χ4n) is 4.37. The molecule has 0 unspecified atom stereocenters. The average molecular weight is 363 g/mol. The van der Waals surface area contributed by atoms with Crippen LogP contribution in [-0.4, -0.2) is 15.0 Å². The predicted octanol–water partition coefficient (Wildman–Crippen LogP) is 5.83. The molecule has 27 heavy (non-hydrogen) atoms. The van der Waals surface area contributed by atoms with E-state index in [-0.39, 0.29) is 11.6 Å². The molecule has 1 N–H and O–H groups in total. The van der Waals surface area contributed by atoms with Gasteiger partial charge in [0.25, 0.3) is 0 Å². The highest BCUT2D eigenvalue weighted by Gasteiger charge is 2.26. The predicted molar refractivity (Wildman–Crippen MR) is 102 cm³/mol. The molecule has 0 saturated heterocycles. The lowest BCUT2D eigenvalue weighted by atomic mass is 9.77. The smallest absolute Gasteiger partial charge is 0.125 e. The number of nitrogens with zero attached hydrogens (tertiary/aromatic N) is 2. The van der Waals surface area contributed by atoms with Gasteiger partial charge in [0.15, 0.2) is 0 Å². The number of H-pyrrole nitrogens is 1. The molecule has 3 nitrogen and oxygen atoms in total. The molecule has 1 fully saturated rings. The Morgan fingerprint density at radius 1 is 0.815 bits per heavy atom. The first kappa shape index (κ1) is 16.4. The van der Waals surface area contributed by atoms with E-state index in [9.17, 15) is 8.78 Å². The molecule has 0 aliphatic heterocycles. The van der Waals surface area contributed by atoms with E-state index in [0.717, 1.165) is 47.9 Å². The van der Waals surface area contributed by atoms with Gasteiger partial charge in [0.2, 0.25) is 0 Å². The molecule has 136 valence electrons. The number of aromatic nitrogens is 3. The van der Waals surface area contributed by atoms with Gasteiger partial charge in [-0.2, -0.15) is 0 Å². The van der Waals surface area contributed by atoms with E-state index in [1.54, 1.807) is 18.2 Å². The molecule has 1 saturated carbocycles. The molecular formula is C22H19F2N3. The van der Waals surface area contributed by atoms with Crippen LogP contribution in [0.15, 0.2) is 48.7 Å². The van der Waals surface area contributed by atoms with Crippen LogP contribution in [-0.2, 0) is 0 Å². The molecule has 0 spiro atoms. The van der Waals surface area contributed by atoms with Crippen molar-refractivity contribution in [2.75, 3.05) is 0 Å². The number of aromatic amines is 1. The van der Waals surface area contributed by atoms with Crippen molar-refractivity contribution in [2.45, 2.75) is 37.5 Å². The highest BCUT2D eigenvalue weighted by molar-refractivity contribution is 5.82. The minimum atomic E-state index is -0.263. The highest BCUT2D eigenvalue weighted by atomic mass is 19.1. The maximum atomic E-state index is 13.7. The van der Waals surface area contributed by atoms with Crippen LogP contribution >= 0.6 is 0 Å². The molecule has 1 aliphatic rings. The van der Waals surface area contributed by atoms with Gasteiger partial charge in [0.05, 0.1) is 16.6 Å². The fraction of sp³-hybridized carbons (Fsp3) is 0.273. The summed E-state index contributed by atoms with van der Waals surface area (Å²) in [6.45, 7) is 0. The lowest BCUT2D eigenvalue weighted by Gasteiger charge is -2.28. The van der Waals surface area contributed by atoms with Crippen molar-refractivity contribution in [3.8, 4) is 0 Å². The Hall–Kier alpha value is -2.82. The van der Waals surface area contributed by atoms with Gasteiger partial charge in [-0.25, -0.2) is 13.8 Å². The number of benzene rings is 2. The van der Waals surface area contributed by atoms with Crippen LogP contribution in [0.25, 0.3) is 21.9 Å². The van der Waals surface area contributed by atoms with Crippen LogP contribution in [0.5, 0.6) is 0 Å². The quantitative estimate of drug-likeness (QED) is 0.487. The van der Waals surface area contributed by atoms with Crippen molar-refractivity contribution < 1.29 is 8.78 Å². The SMILES string of the molecule is Fc1ccc2[nH]c([C@H]3CC[C@@H](c4ccnc5ccc(F)cc54)CC3)nc2c1. The molecule has 0 radical (unpaired) electrons. The molecule has 2 heterocycles. The standard InChI is InChI=1S/C22H19F2N3/c23-15-5-7-19-18(11-15)17(9-10-25-19)13-1-3-14(4-2-13)22-26-20-8-6-16(24)12-21(20)27-22/h5-14H,1-4H2,(H,26,27)/t13-,14+. The summed E-state index contributed by atoms with van der Waals surface area (Å²) < 4.78 is 27.1. The fourth-order valence-corrected chi connectivity index (χ4v) is 4.37. The first-order valence-corrected chi connectivity index (χ1v) is 9.37. The molecule has 0 atom stereocenters. The summed E-state index contributed by atoms with van der Waals surface area (Å²) in [6.07, 6.45) is 5.87. The number of imidazole rings is 1. The topological polar surface area (TPSA) is 41.6 Å². The minimum absolute atomic E-state index is 0.222. The van der Waals surface area contributed by atoms with Crippen LogP contribution in [0, 0.1) is 11.6 Å². The molecular weight excluding hydrogens is 344 g/mol. The maximum Gasteiger partial charge on any atom is 0.125 e. The average Bonchev–Trinajstić information content (AvgIpc) is 3.11. The van der Waals surface area contributed by atoms with Gasteiger partial charge in [-0.15, -0.1) is 0 Å². The zero-order chi connectivity index (χ0) is 18.4. The minimum Gasteiger partial charge on any atom is -0.342 e. The number of hydrogen-bond acceptors (Lipinski definition) is 2. The molecule has 0 bridgehead atoms. The summed E-state index contributed by atoms with van der Waals surface area (Å²) in [5.41, 5.74) is 3.59. The second-order valence-electron chi connectivity index (χ2n) is 7.39. The van der Waals surface area contributed by atoms with Crippen molar-refractivity contribution in [2.24, 2.45) is 0 Å². The second-order valence-corrected chi connectivity index (χ2v) is 7.39. The first-order chi connectivity index (χ1) is 13.2. The summed E-state index contributed by atoms with van der Waals surface area (Å²) in [7, 11) is 0. The van der Waals surface area contributed by atoms with Gasteiger partial charge in [0, 0.05) is 23.6 Å². The highest BCUT2D eigenvalue weighted by Crippen LogP contribution is 2.41. The van der Waals surface area contributed by atoms with Gasteiger partial charge in [-0.05, 0) is 73.6 Å². The molecule has 2 aromatic heterocycles. The van der Waals surface area contributed by atoms with Crippen LogP contribution in [0.3, 0.4) is 0 Å². The number of hydrogen-bond donors (Lipinski definition) is 1. The third-order valence-electron chi connectivity index (χ3n) is 5.75. The molecule has 0 amide bonds. The molecule has 4 aromatic rings. The van der Waals surface area contributed by atoms with Gasteiger partial charge in [-0.3, -0.25) is 4.98 Å². The van der Waals surface area contributed by atoms with E-state index in [1.165, 1.54) is 23.8 Å². The van der Waals surface area contributed by atoms with Crippen molar-refractivity contribution in [3.63, 3.8) is 0 Å². The Labute approximate surface area is 155 Å². The van der Waals surface area contributed by atoms with E-state index >= 15 is 0 Å². The van der Waals surface area contributed by atoms with Crippen LogP contribution in [0.2, 0.25) is 0 Å². The van der Waals surface area contributed by atoms with Gasteiger partial charge >= 0.3 is 0 Å². The van der Waals surface area contributed by atoms with Crippen LogP contribution < -0.4 is 0 Å². The number of fused-ring (bicyclic) bond motifs is 2. The zero-order valence-electron chi connectivity index (χ0n) is 14.8. The molecule has 2 aromatic carbocycles. The van der Waals surface area contributed by atoms with E-state index in [0.29, 0.717) is 17.4 Å². The third kappa shape index (κ3) is 2.97. The van der Waals surface area contributed by atoms with E-state index in [2.05, 4.69) is 15.0 Å². The van der Waals surface area contributed by atoms with Gasteiger partial charge in [-0.1, -0.05) is 0 Å². The Bertz CT molecular complexity index is 1130. The van der Waals surface area contributed by atoms with E-state index < -0.39 is 0 Å². The van der Waals surface area contributed by atoms with E-state index in [4.69, 9.17) is 0 Å². The largest absolute Gasteiger partial charge is 0.342 e. The summed E-state index contributed by atoms with van der Waals surface area (Å²) in [4.78, 5) is 12.3. The Kier molecular flexibility index (Phi) is 3.88. The normalized spacial score (nSPS) is 20.4. The van der Waals surface area contributed by atoms with Crippen LogP contribution in [0.4, 0.5) is 8.78 Å². The Morgan fingerprint density at radius 3 is 2.41 bits per heavy atom. The first-order valence-electron chi connectivity index (χ1n) is 9.37. The van der Waals surface area contributed by atoms with Gasteiger partial charge in [0.1, 0.15) is 17.5 Å². The molecule has 1 aliphatic carbocycles. The summed E-state index contributed by atoms with van der Waals surface area (Å²) in [5.74, 6) is 1.21. The molecule has 5 heteroatoms. The third-order valence-corrected chi connectivity index (χ3v) is 5.75. The van der Waals surface area contributed by atoms with Crippen LogP contribution in [0.1, 0.15) is 48.9 Å². The van der Waals surface area contributed by atoms with Crippen molar-refractivity contribution in [1.29, 1.82) is 0 Å².